The average Bonchev–Trinajstić information content (AvgIpc) is 2.37. The van der Waals surface area contributed by atoms with Crippen molar-refractivity contribution in [2.45, 2.75) is 18.7 Å². The van der Waals surface area contributed by atoms with Crippen LogP contribution in [0.3, 0.4) is 0 Å². The number of hydrogen-bond donors (Lipinski definition) is 0. The first-order valence-electron chi connectivity index (χ1n) is 6.17. The van der Waals surface area contributed by atoms with Crippen molar-refractivity contribution in [2.24, 2.45) is 5.92 Å². The lowest BCUT2D eigenvalue weighted by molar-refractivity contribution is -0.141. The second kappa shape index (κ2) is 7.09. The molecule has 18 heavy (non-hydrogen) atoms. The van der Waals surface area contributed by atoms with E-state index >= 15 is 0 Å². The molecule has 104 valence electrons. The van der Waals surface area contributed by atoms with Crippen molar-refractivity contribution in [3.63, 3.8) is 0 Å². The van der Waals surface area contributed by atoms with E-state index in [9.17, 15) is 9.59 Å². The van der Waals surface area contributed by atoms with Crippen LogP contribution in [0.5, 0.6) is 0 Å². The quantitative estimate of drug-likeness (QED) is 0.717. The van der Waals surface area contributed by atoms with Crippen LogP contribution in [0.25, 0.3) is 0 Å². The molecule has 0 aliphatic carbocycles. The molecule has 1 atom stereocenters. The third-order valence-corrected chi connectivity index (χ3v) is 4.48. The standard InChI is InChI=1S/C12H21BrN2O3/c1-9(2)11(13)12(17)15-6-4-14(5-7-15)10(16)8-18-3/h9,11H,4-8H2,1-3H3. The van der Waals surface area contributed by atoms with Crippen molar-refractivity contribution >= 4 is 27.7 Å². The summed E-state index contributed by atoms with van der Waals surface area (Å²) in [6.07, 6.45) is 0. The van der Waals surface area contributed by atoms with Gasteiger partial charge in [-0.3, -0.25) is 9.59 Å². The van der Waals surface area contributed by atoms with Gasteiger partial charge in [0.15, 0.2) is 0 Å². The molecule has 0 saturated carbocycles. The smallest absolute Gasteiger partial charge is 0.248 e. The molecule has 1 fully saturated rings. The molecule has 6 heteroatoms. The Bertz CT molecular complexity index is 302. The minimum absolute atomic E-state index is 0.0103. The lowest BCUT2D eigenvalue weighted by Gasteiger charge is -2.36. The lowest BCUT2D eigenvalue weighted by Crippen LogP contribution is -2.53. The minimum Gasteiger partial charge on any atom is -0.375 e. The first kappa shape index (κ1) is 15.4. The van der Waals surface area contributed by atoms with E-state index in [-0.39, 0.29) is 29.2 Å². The Morgan fingerprint density at radius 2 is 1.67 bits per heavy atom. The van der Waals surface area contributed by atoms with Gasteiger partial charge >= 0.3 is 0 Å². The second-order valence-electron chi connectivity index (χ2n) is 4.78. The number of carbonyl (C=O) groups is 2. The molecule has 1 aliphatic rings. The zero-order valence-electron chi connectivity index (χ0n) is 11.2. The van der Waals surface area contributed by atoms with Crippen LogP contribution in [0.2, 0.25) is 0 Å². The van der Waals surface area contributed by atoms with E-state index in [1.807, 2.05) is 18.7 Å². The number of methoxy groups -OCH3 is 1. The van der Waals surface area contributed by atoms with Gasteiger partial charge in [0.05, 0.1) is 4.83 Å². The van der Waals surface area contributed by atoms with Gasteiger partial charge in [-0.15, -0.1) is 0 Å². The van der Waals surface area contributed by atoms with Crippen molar-refractivity contribution in [3.8, 4) is 0 Å². The summed E-state index contributed by atoms with van der Waals surface area (Å²) in [4.78, 5) is 27.1. The Hall–Kier alpha value is -0.620. The highest BCUT2D eigenvalue weighted by Crippen LogP contribution is 2.16. The molecule has 1 saturated heterocycles. The van der Waals surface area contributed by atoms with Gasteiger partial charge in [-0.05, 0) is 5.92 Å². The molecule has 5 nitrogen and oxygen atoms in total. The van der Waals surface area contributed by atoms with Gasteiger partial charge in [0.1, 0.15) is 6.61 Å². The fraction of sp³-hybridized carbons (Fsp3) is 0.833. The molecular formula is C12H21BrN2O3. The van der Waals surface area contributed by atoms with Gasteiger partial charge < -0.3 is 14.5 Å². The van der Waals surface area contributed by atoms with Crippen molar-refractivity contribution in [3.05, 3.63) is 0 Å². The lowest BCUT2D eigenvalue weighted by atomic mass is 10.1. The number of nitrogens with zero attached hydrogens (tertiary/aromatic N) is 2. The fourth-order valence-electron chi connectivity index (χ4n) is 1.85. The molecule has 0 aromatic heterocycles. The maximum Gasteiger partial charge on any atom is 0.248 e. The van der Waals surface area contributed by atoms with E-state index < -0.39 is 0 Å². The van der Waals surface area contributed by atoms with Crippen molar-refractivity contribution in [2.75, 3.05) is 39.9 Å². The molecule has 2 amide bonds. The van der Waals surface area contributed by atoms with Crippen LogP contribution in [0.15, 0.2) is 0 Å². The Balaban J connectivity index is 2.44. The number of piperazine rings is 1. The monoisotopic (exact) mass is 320 g/mol. The summed E-state index contributed by atoms with van der Waals surface area (Å²) in [5, 5.41) is 0. The topological polar surface area (TPSA) is 49.9 Å². The zero-order valence-corrected chi connectivity index (χ0v) is 12.8. The van der Waals surface area contributed by atoms with Crippen LogP contribution in [0.1, 0.15) is 13.8 Å². The van der Waals surface area contributed by atoms with E-state index in [1.54, 1.807) is 4.90 Å². The van der Waals surface area contributed by atoms with Gasteiger partial charge in [-0.2, -0.15) is 0 Å². The maximum atomic E-state index is 12.1. The van der Waals surface area contributed by atoms with Crippen LogP contribution in [-0.2, 0) is 14.3 Å². The first-order valence-corrected chi connectivity index (χ1v) is 7.08. The Kier molecular flexibility index (Phi) is 6.08. The highest BCUT2D eigenvalue weighted by atomic mass is 79.9. The third kappa shape index (κ3) is 3.95. The maximum absolute atomic E-state index is 12.1. The SMILES string of the molecule is COCC(=O)N1CCN(C(=O)C(Br)C(C)C)CC1. The molecule has 1 heterocycles. The number of rotatable bonds is 4. The summed E-state index contributed by atoms with van der Waals surface area (Å²) < 4.78 is 4.82. The van der Waals surface area contributed by atoms with Crippen LogP contribution < -0.4 is 0 Å². The van der Waals surface area contributed by atoms with Crippen LogP contribution in [0, 0.1) is 5.92 Å². The summed E-state index contributed by atoms with van der Waals surface area (Å²) in [5.41, 5.74) is 0. The summed E-state index contributed by atoms with van der Waals surface area (Å²) in [6.45, 7) is 6.51. The molecule has 0 bridgehead atoms. The molecule has 1 unspecified atom stereocenters. The highest BCUT2D eigenvalue weighted by molar-refractivity contribution is 9.10. The highest BCUT2D eigenvalue weighted by Gasteiger charge is 2.28. The molecule has 1 aliphatic heterocycles. The second-order valence-corrected chi connectivity index (χ2v) is 5.77. The minimum atomic E-state index is -0.140. The van der Waals surface area contributed by atoms with E-state index in [1.165, 1.54) is 7.11 Å². The molecule has 0 N–H and O–H groups in total. The predicted octanol–water partition coefficient (Wildman–Crippen LogP) is 0.723. The number of hydrogen-bond acceptors (Lipinski definition) is 3. The number of carbonyl (C=O) groups excluding carboxylic acids is 2. The Morgan fingerprint density at radius 1 is 1.17 bits per heavy atom. The Morgan fingerprint density at radius 3 is 2.11 bits per heavy atom. The summed E-state index contributed by atoms with van der Waals surface area (Å²) in [5.74, 6) is 0.373. The molecule has 0 spiro atoms. The molecule has 0 radical (unpaired) electrons. The third-order valence-electron chi connectivity index (χ3n) is 3.03. The fourth-order valence-corrected chi connectivity index (χ4v) is 2.14. The van der Waals surface area contributed by atoms with Crippen LogP contribution in [0.4, 0.5) is 0 Å². The summed E-state index contributed by atoms with van der Waals surface area (Å²) in [7, 11) is 1.51. The molecule has 1 rings (SSSR count). The van der Waals surface area contributed by atoms with E-state index in [0.717, 1.165) is 0 Å². The normalized spacial score (nSPS) is 18.1. The summed E-state index contributed by atoms with van der Waals surface area (Å²) >= 11 is 3.42. The van der Waals surface area contributed by atoms with Crippen LogP contribution >= 0.6 is 15.9 Å². The number of alkyl halides is 1. The number of halogens is 1. The van der Waals surface area contributed by atoms with E-state index in [0.29, 0.717) is 26.2 Å². The zero-order chi connectivity index (χ0) is 13.7. The van der Waals surface area contributed by atoms with Crippen molar-refractivity contribution < 1.29 is 14.3 Å². The van der Waals surface area contributed by atoms with Gasteiger partial charge in [0.25, 0.3) is 0 Å². The van der Waals surface area contributed by atoms with Crippen molar-refractivity contribution in [1.82, 2.24) is 9.80 Å². The Labute approximate surface area is 117 Å². The predicted molar refractivity (Wildman–Crippen MR) is 72.6 cm³/mol. The van der Waals surface area contributed by atoms with Gasteiger partial charge in [-0.25, -0.2) is 0 Å². The largest absolute Gasteiger partial charge is 0.375 e. The summed E-state index contributed by atoms with van der Waals surface area (Å²) in [6, 6.07) is 0. The number of amides is 2. The molecular weight excluding hydrogens is 300 g/mol. The average molecular weight is 321 g/mol. The van der Waals surface area contributed by atoms with Crippen LogP contribution in [-0.4, -0.2) is 66.3 Å². The molecule has 0 aromatic carbocycles. The van der Waals surface area contributed by atoms with E-state index in [2.05, 4.69) is 15.9 Å². The van der Waals surface area contributed by atoms with Gasteiger partial charge in [0.2, 0.25) is 11.8 Å². The van der Waals surface area contributed by atoms with Gasteiger partial charge in [0, 0.05) is 33.3 Å². The van der Waals surface area contributed by atoms with E-state index in [4.69, 9.17) is 4.74 Å². The van der Waals surface area contributed by atoms with Gasteiger partial charge in [-0.1, -0.05) is 29.8 Å². The number of ether oxygens (including phenoxy) is 1. The first-order chi connectivity index (χ1) is 8.47. The van der Waals surface area contributed by atoms with Crippen molar-refractivity contribution in [1.29, 1.82) is 0 Å². The molecule has 0 aromatic rings.